The minimum absolute atomic E-state index is 0. The summed E-state index contributed by atoms with van der Waals surface area (Å²) >= 11 is 5.95. The molecule has 0 radical (unpaired) electrons. The van der Waals surface area contributed by atoms with Gasteiger partial charge in [-0.2, -0.15) is 0 Å². The molecule has 0 amide bonds. The van der Waals surface area contributed by atoms with E-state index in [1.807, 2.05) is 12.1 Å². The molecule has 144 valence electrons. The van der Waals surface area contributed by atoms with Crippen LogP contribution in [0.25, 0.3) is 0 Å². The maximum absolute atomic E-state index is 11.3. The van der Waals surface area contributed by atoms with E-state index >= 15 is 0 Å². The van der Waals surface area contributed by atoms with Crippen LogP contribution in [0.3, 0.4) is 0 Å². The minimum Gasteiger partial charge on any atom is -0.481 e. The number of piperidine rings is 1. The van der Waals surface area contributed by atoms with E-state index in [2.05, 4.69) is 24.0 Å². The third kappa shape index (κ3) is 8.17. The summed E-state index contributed by atoms with van der Waals surface area (Å²) in [5.41, 5.74) is 1.38. The average molecular weight is 411 g/mol. The Morgan fingerprint density at radius 3 is 2.32 bits per heavy atom. The smallest absolute Gasteiger partial charge is 0.306 e. The van der Waals surface area contributed by atoms with E-state index in [9.17, 15) is 9.90 Å². The van der Waals surface area contributed by atoms with Crippen LogP contribution in [-0.4, -0.2) is 35.6 Å². The van der Waals surface area contributed by atoms with Gasteiger partial charge < -0.3 is 10.0 Å². The van der Waals surface area contributed by atoms with E-state index in [1.54, 1.807) is 0 Å². The summed E-state index contributed by atoms with van der Waals surface area (Å²) in [6, 6.07) is 8.20. The number of carboxylic acids is 1. The van der Waals surface area contributed by atoms with Crippen molar-refractivity contribution in [3.63, 3.8) is 0 Å². The van der Waals surface area contributed by atoms with Crippen LogP contribution in [0.15, 0.2) is 24.3 Å². The molecule has 1 unspecified atom stereocenters. The second kappa shape index (κ2) is 12.8. The van der Waals surface area contributed by atoms with Crippen molar-refractivity contribution >= 4 is 42.4 Å². The van der Waals surface area contributed by atoms with Crippen LogP contribution in [0, 0.1) is 5.92 Å². The van der Waals surface area contributed by atoms with Gasteiger partial charge >= 0.3 is 5.97 Å². The molecule has 0 spiro atoms. The van der Waals surface area contributed by atoms with E-state index in [-0.39, 0.29) is 30.7 Å². The fourth-order valence-corrected chi connectivity index (χ4v) is 3.53. The Morgan fingerprint density at radius 2 is 1.80 bits per heavy atom. The van der Waals surface area contributed by atoms with E-state index in [1.165, 1.54) is 5.56 Å². The van der Waals surface area contributed by atoms with Gasteiger partial charge in [-0.15, -0.1) is 24.8 Å². The molecule has 1 fully saturated rings. The fourth-order valence-electron chi connectivity index (χ4n) is 3.41. The third-order valence-corrected chi connectivity index (χ3v) is 5.23. The third-order valence-electron chi connectivity index (χ3n) is 4.98. The highest BCUT2D eigenvalue weighted by Gasteiger charge is 2.23. The number of benzene rings is 1. The van der Waals surface area contributed by atoms with E-state index in [0.717, 1.165) is 63.2 Å². The number of carbonyl (C=O) groups is 1. The molecule has 25 heavy (non-hydrogen) atoms. The Kier molecular flexibility index (Phi) is 12.6. The van der Waals surface area contributed by atoms with Gasteiger partial charge in [0.1, 0.15) is 0 Å². The number of unbranched alkanes of at least 4 members (excludes halogenated alkanes) is 1. The minimum atomic E-state index is -0.630. The standard InChI is InChI=1S/C19H28ClNO2.2ClH/c1-2-3-4-17(19(22)23)11-14-21-12-9-16(10-13-21)15-5-7-18(20)8-6-15;;/h5-8,16-17H,2-4,9-14H2,1H3,(H,22,23);2*1H. The molecule has 1 atom stereocenters. The second-order valence-corrected chi connectivity index (χ2v) is 7.07. The Bertz CT molecular complexity index is 488. The van der Waals surface area contributed by atoms with Crippen LogP contribution in [-0.2, 0) is 4.79 Å². The molecule has 1 N–H and O–H groups in total. The van der Waals surface area contributed by atoms with Gasteiger partial charge in [-0.3, -0.25) is 4.79 Å². The van der Waals surface area contributed by atoms with Crippen molar-refractivity contribution in [2.75, 3.05) is 19.6 Å². The number of hydrogen-bond donors (Lipinski definition) is 1. The van der Waals surface area contributed by atoms with Gasteiger partial charge in [0.25, 0.3) is 0 Å². The van der Waals surface area contributed by atoms with E-state index in [0.29, 0.717) is 5.92 Å². The maximum Gasteiger partial charge on any atom is 0.306 e. The van der Waals surface area contributed by atoms with Crippen molar-refractivity contribution < 1.29 is 9.90 Å². The lowest BCUT2D eigenvalue weighted by molar-refractivity contribution is -0.142. The van der Waals surface area contributed by atoms with E-state index in [4.69, 9.17) is 11.6 Å². The summed E-state index contributed by atoms with van der Waals surface area (Å²) < 4.78 is 0. The van der Waals surface area contributed by atoms with Crippen LogP contribution in [0.5, 0.6) is 0 Å². The normalized spacial score (nSPS) is 16.6. The first-order valence-electron chi connectivity index (χ1n) is 8.80. The van der Waals surface area contributed by atoms with Gasteiger partial charge in [0.2, 0.25) is 0 Å². The molecule has 0 aliphatic carbocycles. The molecular weight excluding hydrogens is 381 g/mol. The maximum atomic E-state index is 11.3. The molecule has 0 aromatic heterocycles. The first kappa shape index (κ1) is 24.5. The number of likely N-dealkylation sites (tertiary alicyclic amines) is 1. The van der Waals surface area contributed by atoms with Crippen LogP contribution < -0.4 is 0 Å². The van der Waals surface area contributed by atoms with Crippen LogP contribution in [0.1, 0.15) is 56.9 Å². The van der Waals surface area contributed by atoms with Crippen LogP contribution in [0.4, 0.5) is 0 Å². The lowest BCUT2D eigenvalue weighted by Gasteiger charge is -2.32. The summed E-state index contributed by atoms with van der Waals surface area (Å²) in [5.74, 6) is -0.197. The van der Waals surface area contributed by atoms with Gasteiger partial charge in [0, 0.05) is 5.02 Å². The van der Waals surface area contributed by atoms with Gasteiger partial charge in [-0.05, 0) is 68.9 Å². The first-order valence-corrected chi connectivity index (χ1v) is 9.18. The molecule has 2 rings (SSSR count). The van der Waals surface area contributed by atoms with Gasteiger partial charge in [0.15, 0.2) is 0 Å². The highest BCUT2D eigenvalue weighted by Crippen LogP contribution is 2.29. The monoisotopic (exact) mass is 409 g/mol. The number of nitrogens with zero attached hydrogens (tertiary/aromatic N) is 1. The summed E-state index contributed by atoms with van der Waals surface area (Å²) in [4.78, 5) is 13.7. The molecule has 0 saturated carbocycles. The number of carboxylic acid groups (broad SMARTS) is 1. The Hall–Kier alpha value is -0.480. The molecule has 1 aliphatic rings. The lowest BCUT2D eigenvalue weighted by atomic mass is 9.89. The van der Waals surface area contributed by atoms with Crippen molar-refractivity contribution in [1.82, 2.24) is 4.90 Å². The molecule has 3 nitrogen and oxygen atoms in total. The quantitative estimate of drug-likeness (QED) is 0.602. The van der Waals surface area contributed by atoms with Crippen molar-refractivity contribution in [2.45, 2.75) is 51.4 Å². The zero-order chi connectivity index (χ0) is 16.7. The zero-order valence-corrected chi connectivity index (χ0v) is 17.2. The van der Waals surface area contributed by atoms with Crippen LogP contribution in [0.2, 0.25) is 5.02 Å². The number of rotatable bonds is 8. The molecule has 6 heteroatoms. The molecule has 1 aliphatic heterocycles. The highest BCUT2D eigenvalue weighted by atomic mass is 35.5. The predicted molar refractivity (Wildman–Crippen MR) is 110 cm³/mol. The lowest BCUT2D eigenvalue weighted by Crippen LogP contribution is -2.35. The molecule has 1 heterocycles. The topological polar surface area (TPSA) is 40.5 Å². The summed E-state index contributed by atoms with van der Waals surface area (Å²) in [6.45, 7) is 5.15. The summed E-state index contributed by atoms with van der Waals surface area (Å²) in [5, 5.41) is 10.1. The first-order chi connectivity index (χ1) is 11.1. The van der Waals surface area contributed by atoms with Crippen molar-refractivity contribution in [3.05, 3.63) is 34.9 Å². The number of aliphatic carboxylic acids is 1. The Balaban J connectivity index is 0.00000288. The van der Waals surface area contributed by atoms with Crippen molar-refractivity contribution in [3.8, 4) is 0 Å². The Labute approximate surface area is 168 Å². The SMILES string of the molecule is CCCCC(CCN1CCC(c2ccc(Cl)cc2)CC1)C(=O)O.Cl.Cl. The van der Waals surface area contributed by atoms with Gasteiger partial charge in [0.05, 0.1) is 5.92 Å². The largest absolute Gasteiger partial charge is 0.481 e. The van der Waals surface area contributed by atoms with Crippen LogP contribution >= 0.6 is 36.4 Å². The molecule has 1 aromatic rings. The predicted octanol–water partition coefficient (Wildman–Crippen LogP) is 5.64. The Morgan fingerprint density at radius 1 is 1.20 bits per heavy atom. The molecule has 0 bridgehead atoms. The average Bonchev–Trinajstić information content (AvgIpc) is 2.56. The van der Waals surface area contributed by atoms with Gasteiger partial charge in [-0.1, -0.05) is 43.5 Å². The van der Waals surface area contributed by atoms with Gasteiger partial charge in [-0.25, -0.2) is 0 Å². The van der Waals surface area contributed by atoms with Crippen molar-refractivity contribution in [2.24, 2.45) is 5.92 Å². The molecular formula is C19H30Cl3NO2. The van der Waals surface area contributed by atoms with E-state index < -0.39 is 5.97 Å². The zero-order valence-electron chi connectivity index (χ0n) is 14.8. The molecule has 1 aromatic carbocycles. The van der Waals surface area contributed by atoms with Crippen molar-refractivity contribution in [1.29, 1.82) is 0 Å². The number of hydrogen-bond acceptors (Lipinski definition) is 2. The summed E-state index contributed by atoms with van der Waals surface area (Å²) in [6.07, 6.45) is 5.96. The fraction of sp³-hybridized carbons (Fsp3) is 0.632. The molecule has 1 saturated heterocycles. The highest BCUT2D eigenvalue weighted by molar-refractivity contribution is 6.30. The number of halogens is 3. The summed E-state index contributed by atoms with van der Waals surface area (Å²) in [7, 11) is 0. The second-order valence-electron chi connectivity index (χ2n) is 6.63.